The minimum absolute atomic E-state index is 0.0470. The van der Waals surface area contributed by atoms with Crippen molar-refractivity contribution in [1.29, 1.82) is 0 Å². The molecule has 0 unspecified atom stereocenters. The molecule has 0 bridgehead atoms. The third kappa shape index (κ3) is 4.11. The lowest BCUT2D eigenvalue weighted by molar-refractivity contribution is -0.124. The molecule has 0 radical (unpaired) electrons. The molecule has 3 aromatic rings. The number of rotatable bonds is 2. The Bertz CT molecular complexity index is 1300. The van der Waals surface area contributed by atoms with E-state index in [1.807, 2.05) is 36.4 Å². The average molecular weight is 519 g/mol. The Morgan fingerprint density at radius 1 is 1.00 bits per heavy atom. The first kappa shape index (κ1) is 22.7. The van der Waals surface area contributed by atoms with Gasteiger partial charge in [-0.3, -0.25) is 19.5 Å². The van der Waals surface area contributed by atoms with Crippen LogP contribution in [-0.4, -0.2) is 17.4 Å². The maximum atomic E-state index is 14.1. The van der Waals surface area contributed by atoms with E-state index >= 15 is 0 Å². The van der Waals surface area contributed by atoms with Gasteiger partial charge in [0.05, 0.1) is 23.3 Å². The van der Waals surface area contributed by atoms with Crippen molar-refractivity contribution in [1.82, 2.24) is 0 Å². The third-order valence-corrected chi connectivity index (χ3v) is 7.07. The molecule has 34 heavy (non-hydrogen) atoms. The van der Waals surface area contributed by atoms with Gasteiger partial charge in [0, 0.05) is 22.2 Å². The van der Waals surface area contributed by atoms with Crippen molar-refractivity contribution in [3.8, 4) is 0 Å². The summed E-state index contributed by atoms with van der Waals surface area (Å²) < 4.78 is 14.7. The Kier molecular flexibility index (Phi) is 5.72. The van der Waals surface area contributed by atoms with Gasteiger partial charge in [0.15, 0.2) is 0 Å². The van der Waals surface area contributed by atoms with Crippen LogP contribution in [0.4, 0.5) is 15.8 Å². The standard InChI is InChI=1S/C28H24BrFN2O2/c1-28(2)15-22-25(24(33)16-28)26(17-9-13-20(30)14-10-17)32(23-6-4-3-5-21(23)31-22)27(34)18-7-11-19(29)12-8-18/h3-14,25-26H,15-16H2,1-2H3/t25-,26-/m0/s1. The maximum absolute atomic E-state index is 14.1. The second-order valence-electron chi connectivity index (χ2n) is 9.73. The minimum atomic E-state index is -0.636. The molecule has 0 spiro atoms. The van der Waals surface area contributed by atoms with Crippen LogP contribution in [0.2, 0.25) is 0 Å². The summed E-state index contributed by atoms with van der Waals surface area (Å²) in [5, 5.41) is 0. The zero-order valence-corrected chi connectivity index (χ0v) is 20.5. The van der Waals surface area contributed by atoms with Crippen LogP contribution in [0.5, 0.6) is 0 Å². The number of nitrogens with zero attached hydrogens (tertiary/aromatic N) is 2. The second kappa shape index (κ2) is 8.58. The van der Waals surface area contributed by atoms with E-state index < -0.39 is 12.0 Å². The van der Waals surface area contributed by atoms with Gasteiger partial charge in [0.25, 0.3) is 5.91 Å². The largest absolute Gasteiger partial charge is 0.299 e. The zero-order chi connectivity index (χ0) is 24.0. The average Bonchev–Trinajstić information content (AvgIpc) is 2.93. The molecule has 3 aromatic carbocycles. The molecule has 1 aliphatic carbocycles. The fourth-order valence-electron chi connectivity index (χ4n) is 5.08. The number of carbonyl (C=O) groups excluding carboxylic acids is 2. The molecule has 0 N–H and O–H groups in total. The number of fused-ring (bicyclic) bond motifs is 2. The predicted octanol–water partition coefficient (Wildman–Crippen LogP) is 7.07. The molecule has 1 heterocycles. The second-order valence-corrected chi connectivity index (χ2v) is 10.6. The summed E-state index contributed by atoms with van der Waals surface area (Å²) >= 11 is 3.42. The van der Waals surface area contributed by atoms with Crippen LogP contribution in [0.15, 0.2) is 82.3 Å². The highest BCUT2D eigenvalue weighted by Gasteiger charge is 2.47. The summed E-state index contributed by atoms with van der Waals surface area (Å²) in [7, 11) is 0. The van der Waals surface area contributed by atoms with Gasteiger partial charge < -0.3 is 0 Å². The molecule has 1 aliphatic heterocycles. The van der Waals surface area contributed by atoms with E-state index in [2.05, 4.69) is 29.8 Å². The number of anilines is 1. The van der Waals surface area contributed by atoms with Crippen molar-refractivity contribution in [3.63, 3.8) is 0 Å². The van der Waals surface area contributed by atoms with E-state index in [0.717, 1.165) is 10.2 Å². The molecule has 2 aliphatic rings. The van der Waals surface area contributed by atoms with Gasteiger partial charge >= 0.3 is 0 Å². The molecule has 1 saturated carbocycles. The van der Waals surface area contributed by atoms with E-state index in [-0.39, 0.29) is 22.9 Å². The topological polar surface area (TPSA) is 49.7 Å². The number of Topliss-reactive ketones (excluding diaryl/α,β-unsaturated/α-hetero) is 1. The first-order chi connectivity index (χ1) is 16.2. The number of aliphatic imine (C=N–C) groups is 1. The monoisotopic (exact) mass is 518 g/mol. The molecule has 0 aromatic heterocycles. The molecule has 2 atom stereocenters. The van der Waals surface area contributed by atoms with Crippen molar-refractivity contribution in [2.24, 2.45) is 16.3 Å². The Morgan fingerprint density at radius 2 is 1.68 bits per heavy atom. The number of ketones is 1. The van der Waals surface area contributed by atoms with E-state index in [1.165, 1.54) is 12.1 Å². The Labute approximate surface area is 206 Å². The van der Waals surface area contributed by atoms with Crippen molar-refractivity contribution < 1.29 is 14.0 Å². The molecule has 4 nitrogen and oxygen atoms in total. The SMILES string of the molecule is CC1(C)CC(=O)[C@@H]2C(=Nc3ccccc3N(C(=O)c3ccc(Br)cc3)[C@H]2c2ccc(F)cc2)C1. The fraction of sp³-hybridized carbons (Fsp3) is 0.250. The molecule has 1 fully saturated rings. The molecule has 0 saturated heterocycles. The summed E-state index contributed by atoms with van der Waals surface area (Å²) in [6.07, 6.45) is 1.04. The highest BCUT2D eigenvalue weighted by molar-refractivity contribution is 9.10. The van der Waals surface area contributed by atoms with E-state index in [9.17, 15) is 14.0 Å². The number of para-hydroxylation sites is 2. The Balaban J connectivity index is 1.75. The van der Waals surface area contributed by atoms with Crippen molar-refractivity contribution >= 4 is 44.7 Å². The van der Waals surface area contributed by atoms with Gasteiger partial charge in [0.1, 0.15) is 11.6 Å². The van der Waals surface area contributed by atoms with Gasteiger partial charge in [-0.1, -0.05) is 54.0 Å². The van der Waals surface area contributed by atoms with Gasteiger partial charge in [0.2, 0.25) is 0 Å². The van der Waals surface area contributed by atoms with Crippen LogP contribution < -0.4 is 4.90 Å². The van der Waals surface area contributed by atoms with Crippen LogP contribution in [-0.2, 0) is 4.79 Å². The lowest BCUT2D eigenvalue weighted by Gasteiger charge is -2.41. The number of amides is 1. The van der Waals surface area contributed by atoms with Crippen LogP contribution in [0.1, 0.15) is 48.7 Å². The number of halogens is 2. The molecular formula is C28H24BrFN2O2. The lowest BCUT2D eigenvalue weighted by atomic mass is 9.68. The van der Waals surface area contributed by atoms with Crippen molar-refractivity contribution in [3.05, 3.63) is 94.2 Å². The maximum Gasteiger partial charge on any atom is 0.258 e. The normalized spacial score (nSPS) is 21.2. The lowest BCUT2D eigenvalue weighted by Crippen LogP contribution is -2.47. The first-order valence-electron chi connectivity index (χ1n) is 11.3. The highest BCUT2D eigenvalue weighted by Crippen LogP contribution is 2.48. The van der Waals surface area contributed by atoms with Crippen LogP contribution in [0, 0.1) is 17.2 Å². The quantitative estimate of drug-likeness (QED) is 0.364. The van der Waals surface area contributed by atoms with Gasteiger partial charge in [-0.2, -0.15) is 0 Å². The van der Waals surface area contributed by atoms with Crippen molar-refractivity contribution in [2.75, 3.05) is 4.90 Å². The number of hydrogen-bond donors (Lipinski definition) is 0. The van der Waals surface area contributed by atoms with Gasteiger partial charge in [-0.25, -0.2) is 4.39 Å². The molecule has 5 rings (SSSR count). The molecular weight excluding hydrogens is 495 g/mol. The molecule has 6 heteroatoms. The Hall–Kier alpha value is -3.12. The smallest absolute Gasteiger partial charge is 0.258 e. The van der Waals surface area contributed by atoms with E-state index in [0.29, 0.717) is 35.3 Å². The van der Waals surface area contributed by atoms with Gasteiger partial charge in [-0.15, -0.1) is 0 Å². The van der Waals surface area contributed by atoms with Crippen LogP contribution >= 0.6 is 15.9 Å². The highest BCUT2D eigenvalue weighted by atomic mass is 79.9. The Morgan fingerprint density at radius 3 is 2.38 bits per heavy atom. The minimum Gasteiger partial charge on any atom is -0.299 e. The fourth-order valence-corrected chi connectivity index (χ4v) is 5.35. The summed E-state index contributed by atoms with van der Waals surface area (Å²) in [6.45, 7) is 4.14. The third-order valence-electron chi connectivity index (χ3n) is 6.54. The molecule has 1 amide bonds. The van der Waals surface area contributed by atoms with E-state index in [4.69, 9.17) is 4.99 Å². The van der Waals surface area contributed by atoms with Gasteiger partial charge in [-0.05, 0) is 65.9 Å². The van der Waals surface area contributed by atoms with Crippen LogP contribution in [0.3, 0.4) is 0 Å². The summed E-state index contributed by atoms with van der Waals surface area (Å²) in [4.78, 5) is 34.4. The first-order valence-corrected chi connectivity index (χ1v) is 12.1. The number of hydrogen-bond acceptors (Lipinski definition) is 3. The number of carbonyl (C=O) groups is 2. The summed E-state index contributed by atoms with van der Waals surface area (Å²) in [5.41, 5.74) is 3.04. The van der Waals surface area contributed by atoms with Crippen molar-refractivity contribution in [2.45, 2.75) is 32.7 Å². The summed E-state index contributed by atoms with van der Waals surface area (Å²) in [5.74, 6) is -1.16. The number of benzene rings is 3. The van der Waals surface area contributed by atoms with Crippen LogP contribution in [0.25, 0.3) is 0 Å². The zero-order valence-electron chi connectivity index (χ0n) is 19.0. The predicted molar refractivity (Wildman–Crippen MR) is 135 cm³/mol. The summed E-state index contributed by atoms with van der Waals surface area (Å²) in [6, 6.07) is 20.1. The molecule has 172 valence electrons. The van der Waals surface area contributed by atoms with E-state index in [1.54, 1.807) is 29.2 Å².